The Labute approximate surface area is 193 Å². The van der Waals surface area contributed by atoms with Crippen molar-refractivity contribution in [3.63, 3.8) is 0 Å². The van der Waals surface area contributed by atoms with Crippen molar-refractivity contribution in [3.05, 3.63) is 40.3 Å². The molecule has 10 heteroatoms. The van der Waals surface area contributed by atoms with Gasteiger partial charge in [0, 0.05) is 30.1 Å². The molecule has 0 aliphatic carbocycles. The van der Waals surface area contributed by atoms with Crippen LogP contribution in [0.25, 0.3) is 0 Å². The van der Waals surface area contributed by atoms with Gasteiger partial charge in [0.05, 0.1) is 15.6 Å². The molecule has 2 aromatic rings. The Kier molecular flexibility index (Phi) is 7.16. The van der Waals surface area contributed by atoms with E-state index in [0.29, 0.717) is 25.4 Å². The summed E-state index contributed by atoms with van der Waals surface area (Å²) in [7, 11) is -3.23. The van der Waals surface area contributed by atoms with Gasteiger partial charge in [-0.3, -0.25) is 0 Å². The molecule has 1 aromatic heterocycles. The Bertz CT molecular complexity index is 1030. The first-order chi connectivity index (χ1) is 14.8. The maximum atomic E-state index is 11.9. The van der Waals surface area contributed by atoms with E-state index in [4.69, 9.17) is 19.3 Å². The fraction of sp³-hybridized carbons (Fsp3) is 0.545. The number of ether oxygens (including phenoxy) is 2. The molecule has 176 valence electrons. The Morgan fingerprint density at radius 3 is 2.38 bits per heavy atom. The Balaban J connectivity index is 1.52. The normalized spacial score (nSPS) is 17.0. The molecule has 32 heavy (non-hydrogen) atoms. The number of nitrogens with zero attached hydrogens (tertiary/aromatic N) is 2. The third-order valence-electron chi connectivity index (χ3n) is 5.13. The average molecular weight is 483 g/mol. The maximum absolute atomic E-state index is 11.9. The Hall–Kier alpha value is -2.17. The lowest BCUT2D eigenvalue weighted by atomic mass is 9.81. The van der Waals surface area contributed by atoms with E-state index in [-0.39, 0.29) is 10.3 Å². The number of rotatable bonds is 6. The zero-order valence-electron chi connectivity index (χ0n) is 19.1. The van der Waals surface area contributed by atoms with Gasteiger partial charge in [-0.05, 0) is 57.9 Å². The molecule has 0 spiro atoms. The number of benzene rings is 1. The van der Waals surface area contributed by atoms with Crippen LogP contribution in [0.5, 0.6) is 5.75 Å². The molecule has 1 aromatic carbocycles. The van der Waals surface area contributed by atoms with E-state index in [0.717, 1.165) is 23.5 Å². The summed E-state index contributed by atoms with van der Waals surface area (Å²) in [6, 6.07) is 6.35. The fourth-order valence-electron chi connectivity index (χ4n) is 3.25. The van der Waals surface area contributed by atoms with Crippen molar-refractivity contribution in [1.29, 1.82) is 0 Å². The van der Waals surface area contributed by atoms with Gasteiger partial charge in [0.25, 0.3) is 0 Å². The highest BCUT2D eigenvalue weighted by atomic mass is 32.2. The number of carbonyl (C=O) groups excluding carboxylic acids is 1. The first kappa shape index (κ1) is 24.5. The van der Waals surface area contributed by atoms with Crippen LogP contribution in [-0.2, 0) is 31.4 Å². The lowest BCUT2D eigenvalue weighted by molar-refractivity contribution is -0.157. The lowest BCUT2D eigenvalue weighted by Gasteiger charge is -2.36. The van der Waals surface area contributed by atoms with E-state index < -0.39 is 21.6 Å². The highest BCUT2D eigenvalue weighted by molar-refractivity contribution is 7.90. The third kappa shape index (κ3) is 6.66. The molecule has 0 saturated carbocycles. The topological polar surface area (TPSA) is 95.0 Å². The summed E-state index contributed by atoms with van der Waals surface area (Å²) < 4.78 is 34.1. The molecule has 0 radical (unpaired) electrons. The zero-order chi connectivity index (χ0) is 23.6. The maximum Gasteiger partial charge on any atom is 0.528 e. The van der Waals surface area contributed by atoms with Gasteiger partial charge in [-0.2, -0.15) is 0 Å². The van der Waals surface area contributed by atoms with Crippen LogP contribution in [0.4, 0.5) is 4.79 Å². The molecule has 0 bridgehead atoms. The van der Waals surface area contributed by atoms with Crippen LogP contribution in [0, 0.1) is 0 Å². The summed E-state index contributed by atoms with van der Waals surface area (Å²) in [5.41, 5.74) is 0.135. The minimum atomic E-state index is -3.23. The lowest BCUT2D eigenvalue weighted by Crippen LogP contribution is -2.42. The number of carbonyl (C=O) groups is 1. The van der Waals surface area contributed by atoms with Crippen molar-refractivity contribution in [3.8, 4) is 5.75 Å². The minimum Gasteiger partial charge on any atom is -0.487 e. The SMILES string of the molecule is CC(C)(C)OC(=O)ON1CCC(C)(c2nc(COc3ccc(S(C)(=O)=O)cc3)cs2)CC1. The van der Waals surface area contributed by atoms with Crippen molar-refractivity contribution in [2.75, 3.05) is 19.3 Å². The summed E-state index contributed by atoms with van der Waals surface area (Å²) in [4.78, 5) is 22.2. The van der Waals surface area contributed by atoms with Gasteiger partial charge in [0.2, 0.25) is 0 Å². The molecular weight excluding hydrogens is 452 g/mol. The Morgan fingerprint density at radius 2 is 1.81 bits per heavy atom. The standard InChI is InChI=1S/C22H30N2O6S2/c1-21(2,3)29-20(25)30-24-12-10-22(4,11-13-24)19-23-16(15-31-19)14-28-17-6-8-18(9-7-17)32(5,26)27/h6-9,15H,10-14H2,1-5H3. The number of hydroxylamine groups is 2. The van der Waals surface area contributed by atoms with Crippen LogP contribution in [0.3, 0.4) is 0 Å². The van der Waals surface area contributed by atoms with Gasteiger partial charge in [-0.15, -0.1) is 16.4 Å². The fourth-order valence-corrected chi connectivity index (χ4v) is 4.91. The number of aromatic nitrogens is 1. The summed E-state index contributed by atoms with van der Waals surface area (Å²) in [5, 5.41) is 4.66. The molecule has 3 rings (SSSR count). The van der Waals surface area contributed by atoms with Crippen LogP contribution < -0.4 is 4.74 Å². The van der Waals surface area contributed by atoms with Crippen LogP contribution >= 0.6 is 11.3 Å². The number of piperidine rings is 1. The van der Waals surface area contributed by atoms with Crippen LogP contribution in [0.1, 0.15) is 51.2 Å². The van der Waals surface area contributed by atoms with Crippen LogP contribution in [-0.4, -0.2) is 49.6 Å². The van der Waals surface area contributed by atoms with E-state index in [1.54, 1.807) is 49.3 Å². The van der Waals surface area contributed by atoms with E-state index in [1.165, 1.54) is 18.4 Å². The van der Waals surface area contributed by atoms with Gasteiger partial charge < -0.3 is 14.3 Å². The second kappa shape index (κ2) is 9.36. The smallest absolute Gasteiger partial charge is 0.487 e. The van der Waals surface area contributed by atoms with Crippen molar-refractivity contribution >= 4 is 27.3 Å². The third-order valence-corrected chi connectivity index (χ3v) is 7.45. The molecule has 1 aliphatic rings. The molecule has 1 fully saturated rings. The summed E-state index contributed by atoms with van der Waals surface area (Å²) in [6.07, 6.45) is 2.10. The minimum absolute atomic E-state index is 0.103. The number of hydrogen-bond acceptors (Lipinski definition) is 9. The highest BCUT2D eigenvalue weighted by Gasteiger charge is 2.36. The predicted octanol–water partition coefficient (Wildman–Crippen LogP) is 4.35. The van der Waals surface area contributed by atoms with Gasteiger partial charge in [0.1, 0.15) is 18.0 Å². The van der Waals surface area contributed by atoms with Crippen molar-refractivity contribution < 1.29 is 27.5 Å². The monoisotopic (exact) mass is 482 g/mol. The molecule has 0 amide bonds. The van der Waals surface area contributed by atoms with Crippen molar-refractivity contribution in [1.82, 2.24) is 10.0 Å². The summed E-state index contributed by atoms with van der Waals surface area (Å²) in [6.45, 7) is 9.09. The van der Waals surface area contributed by atoms with E-state index in [2.05, 4.69) is 6.92 Å². The second-order valence-electron chi connectivity index (χ2n) is 9.22. The number of hydrogen-bond donors (Lipinski definition) is 0. The number of thiazole rings is 1. The van der Waals surface area contributed by atoms with Gasteiger partial charge >= 0.3 is 6.16 Å². The molecule has 0 unspecified atom stereocenters. The molecular formula is C22H30N2O6S2. The molecule has 0 N–H and O–H groups in total. The van der Waals surface area contributed by atoms with Crippen molar-refractivity contribution in [2.24, 2.45) is 0 Å². The Morgan fingerprint density at radius 1 is 1.19 bits per heavy atom. The van der Waals surface area contributed by atoms with Crippen LogP contribution in [0.2, 0.25) is 0 Å². The second-order valence-corrected chi connectivity index (χ2v) is 12.1. The number of sulfone groups is 1. The first-order valence-corrected chi connectivity index (χ1v) is 13.1. The van der Waals surface area contributed by atoms with E-state index in [1.807, 2.05) is 5.38 Å². The average Bonchev–Trinajstić information content (AvgIpc) is 3.16. The molecule has 0 atom stereocenters. The quantitative estimate of drug-likeness (QED) is 0.561. The van der Waals surface area contributed by atoms with E-state index >= 15 is 0 Å². The molecule has 1 saturated heterocycles. The molecule has 8 nitrogen and oxygen atoms in total. The molecule has 1 aliphatic heterocycles. The first-order valence-electron chi connectivity index (χ1n) is 10.4. The van der Waals surface area contributed by atoms with Gasteiger partial charge in [0.15, 0.2) is 9.84 Å². The summed E-state index contributed by atoms with van der Waals surface area (Å²) >= 11 is 1.60. The zero-order valence-corrected chi connectivity index (χ0v) is 20.7. The largest absolute Gasteiger partial charge is 0.528 e. The van der Waals surface area contributed by atoms with Gasteiger partial charge in [-0.1, -0.05) is 6.92 Å². The predicted molar refractivity (Wildman–Crippen MR) is 121 cm³/mol. The summed E-state index contributed by atoms with van der Waals surface area (Å²) in [5.74, 6) is 0.589. The highest BCUT2D eigenvalue weighted by Crippen LogP contribution is 2.37. The van der Waals surface area contributed by atoms with E-state index in [9.17, 15) is 13.2 Å². The molecule has 2 heterocycles. The van der Waals surface area contributed by atoms with Crippen LogP contribution in [0.15, 0.2) is 34.5 Å². The van der Waals surface area contributed by atoms with Gasteiger partial charge in [-0.25, -0.2) is 18.2 Å². The van der Waals surface area contributed by atoms with Crippen molar-refractivity contribution in [2.45, 2.75) is 63.1 Å².